The van der Waals surface area contributed by atoms with Crippen LogP contribution in [0.1, 0.15) is 5.56 Å². The van der Waals surface area contributed by atoms with E-state index in [1.165, 1.54) is 18.2 Å². The Kier molecular flexibility index (Phi) is 3.40. The molecule has 0 unspecified atom stereocenters. The molecule has 0 aliphatic rings. The fraction of sp³-hybridized carbons (Fsp3) is 0.300. The summed E-state index contributed by atoms with van der Waals surface area (Å²) in [7, 11) is 0. The van der Waals surface area contributed by atoms with Crippen molar-refractivity contribution in [1.29, 1.82) is 0 Å². The third-order valence-electron chi connectivity index (χ3n) is 1.92. The van der Waals surface area contributed by atoms with E-state index in [0.717, 1.165) is 12.1 Å². The fourth-order valence-corrected chi connectivity index (χ4v) is 1.04. The molecule has 0 saturated heterocycles. The lowest BCUT2D eigenvalue weighted by Crippen LogP contribution is -2.52. The van der Waals surface area contributed by atoms with Gasteiger partial charge < -0.3 is 0 Å². The Morgan fingerprint density at radius 3 is 1.65 bits per heavy atom. The minimum atomic E-state index is -6.30. The predicted molar refractivity (Wildman–Crippen MR) is 45.8 cm³/mol. The average molecular weight is 259 g/mol. The zero-order valence-corrected chi connectivity index (χ0v) is 8.11. The Bertz CT molecular complexity index is 366. The third-order valence-corrected chi connectivity index (χ3v) is 1.92. The first-order valence-electron chi connectivity index (χ1n) is 4.31. The van der Waals surface area contributed by atoms with Gasteiger partial charge in [0.2, 0.25) is 0 Å². The molecule has 0 amide bonds. The second-order valence-electron chi connectivity index (χ2n) is 3.25. The number of hydrogen-bond acceptors (Lipinski definition) is 0. The maximum Gasteiger partial charge on any atom is 0.459 e. The van der Waals surface area contributed by atoms with Gasteiger partial charge in [-0.15, -0.1) is 0 Å². The van der Waals surface area contributed by atoms with Crippen molar-refractivity contribution in [2.75, 3.05) is 0 Å². The Hall–Kier alpha value is -1.27. The lowest BCUT2D eigenvalue weighted by molar-refractivity contribution is -0.345. The lowest BCUT2D eigenvalue weighted by atomic mass is 10.0. The van der Waals surface area contributed by atoms with Crippen molar-refractivity contribution in [3.63, 3.8) is 0 Å². The number of alkyl halides is 7. The molecule has 0 fully saturated rings. The van der Waals surface area contributed by atoms with Gasteiger partial charge in [0.05, 0.1) is 6.42 Å². The highest BCUT2D eigenvalue weighted by molar-refractivity contribution is 5.27. The zero-order chi connectivity index (χ0) is 13.3. The summed E-state index contributed by atoms with van der Waals surface area (Å²) >= 11 is 0. The van der Waals surface area contributed by atoms with Crippen LogP contribution in [0.4, 0.5) is 30.7 Å². The molecule has 0 spiro atoms. The highest BCUT2D eigenvalue weighted by Crippen LogP contribution is 2.48. The Labute approximate surface area is 92.0 Å². The fourth-order valence-electron chi connectivity index (χ4n) is 1.04. The van der Waals surface area contributed by atoms with Gasteiger partial charge in [0.1, 0.15) is 0 Å². The normalized spacial score (nSPS) is 13.8. The Balaban J connectivity index is 2.96. The van der Waals surface area contributed by atoms with Crippen molar-refractivity contribution in [2.45, 2.75) is 18.0 Å². The van der Waals surface area contributed by atoms with Gasteiger partial charge in [-0.2, -0.15) is 30.7 Å². The summed E-state index contributed by atoms with van der Waals surface area (Å²) in [6.07, 6.45) is -6.71. The Morgan fingerprint density at radius 1 is 0.765 bits per heavy atom. The molecule has 0 nitrogen and oxygen atoms in total. The summed E-state index contributed by atoms with van der Waals surface area (Å²) in [5.41, 5.74) is -0.415. The van der Waals surface area contributed by atoms with E-state index in [1.807, 2.05) is 0 Å². The van der Waals surface area contributed by atoms with E-state index >= 15 is 0 Å². The van der Waals surface area contributed by atoms with Crippen LogP contribution in [0.25, 0.3) is 0 Å². The molecule has 1 aromatic rings. The molecule has 0 aliphatic carbocycles. The summed E-state index contributed by atoms with van der Waals surface area (Å²) in [5, 5.41) is 0. The predicted octanol–water partition coefficient (Wildman–Crippen LogP) is 4.07. The van der Waals surface area contributed by atoms with Gasteiger partial charge in [-0.05, 0) is 5.56 Å². The molecule has 0 aliphatic heterocycles. The molecule has 0 atom stereocenters. The van der Waals surface area contributed by atoms with E-state index in [2.05, 4.69) is 0 Å². The second-order valence-corrected chi connectivity index (χ2v) is 3.25. The summed E-state index contributed by atoms with van der Waals surface area (Å²) in [6.45, 7) is 0. The van der Waals surface area contributed by atoms with Crippen LogP contribution >= 0.6 is 0 Å². The van der Waals surface area contributed by atoms with Crippen LogP contribution < -0.4 is 0 Å². The molecule has 0 heterocycles. The van der Waals surface area contributed by atoms with Crippen molar-refractivity contribution in [3.05, 3.63) is 42.3 Å². The van der Waals surface area contributed by atoms with Crippen LogP contribution in [0.2, 0.25) is 0 Å². The van der Waals surface area contributed by atoms with Gasteiger partial charge in [0.25, 0.3) is 0 Å². The van der Waals surface area contributed by atoms with E-state index < -0.39 is 30.0 Å². The molecule has 1 aromatic carbocycles. The number of hydrogen-bond donors (Lipinski definition) is 0. The van der Waals surface area contributed by atoms with Crippen molar-refractivity contribution in [1.82, 2.24) is 0 Å². The van der Waals surface area contributed by atoms with Gasteiger partial charge in [-0.25, -0.2) is 0 Å². The van der Waals surface area contributed by atoms with E-state index in [9.17, 15) is 30.7 Å². The third kappa shape index (κ3) is 2.70. The second kappa shape index (κ2) is 4.19. The maximum absolute atomic E-state index is 12.9. The first-order chi connectivity index (χ1) is 7.58. The van der Waals surface area contributed by atoms with Crippen LogP contribution in [-0.2, 0) is 0 Å². The quantitative estimate of drug-likeness (QED) is 0.718. The van der Waals surface area contributed by atoms with Gasteiger partial charge in [0.15, 0.2) is 0 Å². The van der Waals surface area contributed by atoms with E-state index in [0.29, 0.717) is 0 Å². The monoisotopic (exact) mass is 259 g/mol. The Morgan fingerprint density at radius 2 is 1.24 bits per heavy atom. The van der Waals surface area contributed by atoms with Crippen LogP contribution in [0.3, 0.4) is 0 Å². The van der Waals surface area contributed by atoms with Crippen LogP contribution in [0.15, 0.2) is 30.3 Å². The topological polar surface area (TPSA) is 0 Å². The number of benzene rings is 1. The lowest BCUT2D eigenvalue weighted by Gasteiger charge is -2.27. The molecular weight excluding hydrogens is 253 g/mol. The molecule has 7 heteroatoms. The molecule has 17 heavy (non-hydrogen) atoms. The standard InChI is InChI=1S/C10H6F7/c11-8(12,9(13,14)10(15,16)17)6-7-4-2-1-3-5-7/h1-6H. The number of halogens is 7. The van der Waals surface area contributed by atoms with E-state index in [4.69, 9.17) is 0 Å². The molecule has 0 saturated carbocycles. The average Bonchev–Trinajstić information content (AvgIpc) is 2.16. The van der Waals surface area contributed by atoms with Crippen molar-refractivity contribution in [3.8, 4) is 0 Å². The van der Waals surface area contributed by atoms with Crippen molar-refractivity contribution < 1.29 is 30.7 Å². The zero-order valence-electron chi connectivity index (χ0n) is 8.11. The molecule has 0 aromatic heterocycles. The molecule has 95 valence electrons. The van der Waals surface area contributed by atoms with Gasteiger partial charge in [-0.1, -0.05) is 30.3 Å². The minimum absolute atomic E-state index is 0.402. The van der Waals surface area contributed by atoms with Crippen LogP contribution in [-0.4, -0.2) is 18.0 Å². The molecule has 0 N–H and O–H groups in total. The van der Waals surface area contributed by atoms with Crippen molar-refractivity contribution >= 4 is 0 Å². The van der Waals surface area contributed by atoms with Gasteiger partial charge >= 0.3 is 18.0 Å². The van der Waals surface area contributed by atoms with Crippen LogP contribution in [0, 0.1) is 6.42 Å². The summed E-state index contributed by atoms with van der Waals surface area (Å²) in [5.74, 6) is -11.4. The van der Waals surface area contributed by atoms with Crippen LogP contribution in [0.5, 0.6) is 0 Å². The summed E-state index contributed by atoms with van der Waals surface area (Å²) in [6, 6.07) is 5.90. The molecule has 0 bridgehead atoms. The first-order valence-corrected chi connectivity index (χ1v) is 4.31. The summed E-state index contributed by atoms with van der Waals surface area (Å²) < 4.78 is 86.0. The maximum atomic E-state index is 12.9. The highest BCUT2D eigenvalue weighted by Gasteiger charge is 2.72. The highest BCUT2D eigenvalue weighted by atomic mass is 19.4. The summed E-state index contributed by atoms with van der Waals surface area (Å²) in [4.78, 5) is 0. The van der Waals surface area contributed by atoms with E-state index in [1.54, 1.807) is 0 Å². The smallest absolute Gasteiger partial charge is 0.199 e. The number of rotatable bonds is 3. The van der Waals surface area contributed by atoms with Gasteiger partial charge in [0, 0.05) is 0 Å². The van der Waals surface area contributed by atoms with Gasteiger partial charge in [-0.3, -0.25) is 0 Å². The minimum Gasteiger partial charge on any atom is -0.199 e. The molecular formula is C10H6F7. The van der Waals surface area contributed by atoms with E-state index in [-0.39, 0.29) is 0 Å². The molecule has 1 rings (SSSR count). The largest absolute Gasteiger partial charge is 0.459 e. The molecule has 1 radical (unpaired) electrons. The van der Waals surface area contributed by atoms with Crippen molar-refractivity contribution in [2.24, 2.45) is 0 Å². The first kappa shape index (κ1) is 13.8. The SMILES string of the molecule is FC(F)(F)C(F)(F)C(F)(F)[CH]c1ccccc1.